The van der Waals surface area contributed by atoms with Gasteiger partial charge in [-0.25, -0.2) is 4.98 Å². The first kappa shape index (κ1) is 21.8. The summed E-state index contributed by atoms with van der Waals surface area (Å²) >= 11 is 4.82. The molecular formula is C27H17BrN2O4S. The first-order chi connectivity index (χ1) is 16.9. The van der Waals surface area contributed by atoms with E-state index in [0.717, 1.165) is 25.6 Å². The number of anilines is 1. The number of halogens is 1. The van der Waals surface area contributed by atoms with Gasteiger partial charge in [-0.2, -0.15) is 0 Å². The minimum absolute atomic E-state index is 0.0393. The van der Waals surface area contributed by atoms with Crippen LogP contribution in [0.5, 0.6) is 0 Å². The molecule has 0 bridgehead atoms. The molecule has 0 saturated carbocycles. The second-order valence-corrected chi connectivity index (χ2v) is 10.3. The van der Waals surface area contributed by atoms with E-state index in [9.17, 15) is 14.7 Å². The van der Waals surface area contributed by atoms with Crippen LogP contribution in [0.2, 0.25) is 0 Å². The van der Waals surface area contributed by atoms with Crippen LogP contribution in [0, 0.1) is 6.92 Å². The van der Waals surface area contributed by atoms with Gasteiger partial charge in [-0.05, 0) is 54.4 Å². The quantitative estimate of drug-likeness (QED) is 0.249. The number of aromatic nitrogens is 1. The normalized spacial score (nSPS) is 16.1. The Kier molecular flexibility index (Phi) is 5.09. The lowest BCUT2D eigenvalue weighted by atomic mass is 9.95. The van der Waals surface area contributed by atoms with E-state index >= 15 is 0 Å². The number of carbonyl (C=O) groups is 2. The molecule has 1 aliphatic heterocycles. The topological polar surface area (TPSA) is 83.6 Å². The summed E-state index contributed by atoms with van der Waals surface area (Å²) in [6.45, 7) is 1.99. The molecule has 6 rings (SSSR count). The summed E-state index contributed by atoms with van der Waals surface area (Å²) < 4.78 is 7.48. The lowest BCUT2D eigenvalue weighted by Crippen LogP contribution is -2.30. The Labute approximate surface area is 212 Å². The Hall–Kier alpha value is -3.75. The molecular weight excluding hydrogens is 528 g/mol. The summed E-state index contributed by atoms with van der Waals surface area (Å²) in [5.41, 5.74) is 2.99. The number of ketones is 1. The highest BCUT2D eigenvalue weighted by atomic mass is 79.9. The first-order valence-corrected chi connectivity index (χ1v) is 12.4. The zero-order valence-electron chi connectivity index (χ0n) is 18.4. The number of aliphatic hydroxyl groups is 1. The second kappa shape index (κ2) is 8.18. The van der Waals surface area contributed by atoms with E-state index in [2.05, 4.69) is 20.9 Å². The van der Waals surface area contributed by atoms with Gasteiger partial charge in [0.15, 0.2) is 16.7 Å². The number of aliphatic hydroxyl groups excluding tert-OH is 1. The fourth-order valence-electron chi connectivity index (χ4n) is 4.38. The molecule has 0 saturated heterocycles. The average Bonchev–Trinajstić information content (AvgIpc) is 3.52. The third kappa shape index (κ3) is 3.57. The van der Waals surface area contributed by atoms with E-state index in [1.54, 1.807) is 12.1 Å². The van der Waals surface area contributed by atoms with Crippen LogP contribution >= 0.6 is 27.3 Å². The molecule has 0 aliphatic carbocycles. The summed E-state index contributed by atoms with van der Waals surface area (Å²) in [7, 11) is 0. The molecule has 172 valence electrons. The van der Waals surface area contributed by atoms with Crippen LogP contribution in [0.3, 0.4) is 0 Å². The maximum atomic E-state index is 13.7. The Morgan fingerprint density at radius 1 is 1.09 bits per heavy atom. The zero-order valence-corrected chi connectivity index (χ0v) is 20.8. The lowest BCUT2D eigenvalue weighted by molar-refractivity contribution is -0.117. The number of aryl methyl sites for hydroxylation is 1. The smallest absolute Gasteiger partial charge is 0.296 e. The molecule has 0 spiro atoms. The number of para-hydroxylation sites is 1. The van der Waals surface area contributed by atoms with Gasteiger partial charge in [0.05, 0.1) is 21.8 Å². The first-order valence-electron chi connectivity index (χ1n) is 10.8. The summed E-state index contributed by atoms with van der Waals surface area (Å²) in [6.07, 6.45) is 0. The van der Waals surface area contributed by atoms with Crippen molar-refractivity contribution >= 4 is 65.3 Å². The number of amides is 1. The predicted octanol–water partition coefficient (Wildman–Crippen LogP) is 6.90. The molecule has 1 amide bonds. The SMILES string of the molecule is Cc1ccc2nc(N3C(=O)C(O)=C(C(=O)c4cc5ccccc5o4)C3c3cccc(Br)c3)sc2c1. The van der Waals surface area contributed by atoms with E-state index in [1.165, 1.54) is 16.2 Å². The molecule has 1 aliphatic rings. The number of carbonyl (C=O) groups excluding carboxylic acids is 2. The van der Waals surface area contributed by atoms with Gasteiger partial charge >= 0.3 is 0 Å². The van der Waals surface area contributed by atoms with Crippen molar-refractivity contribution < 1.29 is 19.1 Å². The molecule has 35 heavy (non-hydrogen) atoms. The molecule has 0 fully saturated rings. The van der Waals surface area contributed by atoms with Crippen LogP contribution in [-0.4, -0.2) is 21.8 Å². The van der Waals surface area contributed by atoms with E-state index < -0.39 is 23.5 Å². The molecule has 2 aromatic heterocycles. The number of hydrogen-bond acceptors (Lipinski definition) is 6. The number of nitrogens with zero attached hydrogens (tertiary/aromatic N) is 2. The van der Waals surface area contributed by atoms with Crippen molar-refractivity contribution in [3.8, 4) is 0 Å². The van der Waals surface area contributed by atoms with Gasteiger partial charge < -0.3 is 9.52 Å². The Bertz CT molecular complexity index is 1670. The average molecular weight is 545 g/mol. The van der Waals surface area contributed by atoms with Crippen LogP contribution in [0.1, 0.15) is 27.7 Å². The lowest BCUT2D eigenvalue weighted by Gasteiger charge is -2.24. The summed E-state index contributed by atoms with van der Waals surface area (Å²) in [5, 5.41) is 12.2. The van der Waals surface area contributed by atoms with Crippen molar-refractivity contribution in [2.75, 3.05) is 4.90 Å². The molecule has 3 aromatic carbocycles. The van der Waals surface area contributed by atoms with Crippen LogP contribution in [-0.2, 0) is 4.79 Å². The summed E-state index contributed by atoms with van der Waals surface area (Å²) in [5.74, 6) is -1.76. The largest absolute Gasteiger partial charge is 0.503 e. The van der Waals surface area contributed by atoms with Gasteiger partial charge in [0.1, 0.15) is 5.58 Å². The molecule has 1 atom stereocenters. The van der Waals surface area contributed by atoms with E-state index in [0.29, 0.717) is 16.3 Å². The van der Waals surface area contributed by atoms with Gasteiger partial charge in [-0.15, -0.1) is 0 Å². The highest BCUT2D eigenvalue weighted by Gasteiger charge is 2.46. The monoisotopic (exact) mass is 544 g/mol. The van der Waals surface area contributed by atoms with Gasteiger partial charge in [0.2, 0.25) is 5.78 Å². The van der Waals surface area contributed by atoms with Crippen LogP contribution < -0.4 is 4.90 Å². The Morgan fingerprint density at radius 2 is 1.91 bits per heavy atom. The highest BCUT2D eigenvalue weighted by Crippen LogP contribution is 2.45. The molecule has 8 heteroatoms. The number of benzene rings is 3. The van der Waals surface area contributed by atoms with Gasteiger partial charge in [0.25, 0.3) is 5.91 Å². The van der Waals surface area contributed by atoms with Crippen molar-refractivity contribution in [1.29, 1.82) is 0 Å². The fraction of sp³-hybridized carbons (Fsp3) is 0.0741. The molecule has 5 aromatic rings. The molecule has 1 N–H and O–H groups in total. The third-order valence-electron chi connectivity index (χ3n) is 6.01. The van der Waals surface area contributed by atoms with Crippen LogP contribution in [0.15, 0.2) is 93.0 Å². The minimum Gasteiger partial charge on any atom is -0.503 e. The molecule has 6 nitrogen and oxygen atoms in total. The van der Waals surface area contributed by atoms with Crippen LogP contribution in [0.4, 0.5) is 5.13 Å². The molecule has 1 unspecified atom stereocenters. The van der Waals surface area contributed by atoms with Crippen molar-refractivity contribution in [2.45, 2.75) is 13.0 Å². The van der Waals surface area contributed by atoms with Gasteiger partial charge in [-0.1, -0.05) is 63.7 Å². The summed E-state index contributed by atoms with van der Waals surface area (Å²) in [4.78, 5) is 33.2. The fourth-order valence-corrected chi connectivity index (χ4v) is 5.88. The number of fused-ring (bicyclic) bond motifs is 2. The Balaban J connectivity index is 1.52. The number of Topliss-reactive ketones (excluding diaryl/α,β-unsaturated/α-hetero) is 1. The molecule has 0 radical (unpaired) electrons. The minimum atomic E-state index is -0.873. The van der Waals surface area contributed by atoms with Gasteiger partial charge in [-0.3, -0.25) is 14.5 Å². The zero-order chi connectivity index (χ0) is 24.3. The van der Waals surface area contributed by atoms with Crippen LogP contribution in [0.25, 0.3) is 21.2 Å². The van der Waals surface area contributed by atoms with E-state index in [4.69, 9.17) is 4.42 Å². The number of thiazole rings is 1. The number of rotatable bonds is 4. The number of hydrogen-bond donors (Lipinski definition) is 1. The third-order valence-corrected chi connectivity index (χ3v) is 7.52. The van der Waals surface area contributed by atoms with Crippen molar-refractivity contribution in [2.24, 2.45) is 0 Å². The maximum Gasteiger partial charge on any atom is 0.296 e. The standard InChI is InChI=1S/C27H17BrN2O4S/c1-14-9-10-18-21(11-14)35-27(29-18)30-23(16-6-4-7-17(28)12-16)22(25(32)26(30)33)24(31)20-13-15-5-2-3-8-19(15)34-20/h2-13,23,32H,1H3. The molecule has 3 heterocycles. The summed E-state index contributed by atoms with van der Waals surface area (Å²) in [6, 6.07) is 21.2. The van der Waals surface area contributed by atoms with Crippen molar-refractivity contribution in [1.82, 2.24) is 4.98 Å². The van der Waals surface area contributed by atoms with Crippen molar-refractivity contribution in [3.63, 3.8) is 0 Å². The van der Waals surface area contributed by atoms with E-state index in [-0.39, 0.29) is 11.3 Å². The highest BCUT2D eigenvalue weighted by molar-refractivity contribution is 9.10. The van der Waals surface area contributed by atoms with Gasteiger partial charge in [0, 0.05) is 9.86 Å². The predicted molar refractivity (Wildman–Crippen MR) is 139 cm³/mol. The van der Waals surface area contributed by atoms with E-state index in [1.807, 2.05) is 67.6 Å². The van der Waals surface area contributed by atoms with Crippen molar-refractivity contribution in [3.05, 3.63) is 105 Å². The maximum absolute atomic E-state index is 13.7. The second-order valence-electron chi connectivity index (χ2n) is 8.34. The number of furan rings is 1. The Morgan fingerprint density at radius 3 is 2.71 bits per heavy atom.